The van der Waals surface area contributed by atoms with E-state index in [-0.39, 0.29) is 6.04 Å². The van der Waals surface area contributed by atoms with Gasteiger partial charge in [0.05, 0.1) is 6.04 Å². The van der Waals surface area contributed by atoms with Crippen molar-refractivity contribution in [2.75, 3.05) is 0 Å². The minimum absolute atomic E-state index is 0.213. The van der Waals surface area contributed by atoms with E-state index in [2.05, 4.69) is 15.5 Å². The Balaban J connectivity index is 2.39. The number of hydrogen-bond acceptors (Lipinski definition) is 5. The molecular weight excluding hydrogens is 198 g/mol. The molecule has 0 spiro atoms. The highest BCUT2D eigenvalue weighted by molar-refractivity contribution is 7.08. The quantitative estimate of drug-likeness (QED) is 0.822. The van der Waals surface area contributed by atoms with Gasteiger partial charge in [-0.25, -0.2) is 0 Å². The summed E-state index contributed by atoms with van der Waals surface area (Å²) in [6.45, 7) is 3.84. The van der Waals surface area contributed by atoms with Gasteiger partial charge in [0.1, 0.15) is 0 Å². The first-order valence-electron chi connectivity index (χ1n) is 4.31. The zero-order valence-electron chi connectivity index (χ0n) is 8.02. The normalized spacial score (nSPS) is 13.1. The van der Waals surface area contributed by atoms with Crippen molar-refractivity contribution in [2.24, 2.45) is 5.73 Å². The van der Waals surface area contributed by atoms with Crippen molar-refractivity contribution in [3.63, 3.8) is 0 Å². The molecule has 74 valence electrons. The second-order valence-electron chi connectivity index (χ2n) is 3.21. The van der Waals surface area contributed by atoms with E-state index in [1.807, 2.05) is 19.2 Å². The molecule has 1 atom stereocenters. The zero-order valence-corrected chi connectivity index (χ0v) is 8.84. The van der Waals surface area contributed by atoms with Gasteiger partial charge >= 0.3 is 0 Å². The lowest BCUT2D eigenvalue weighted by Gasteiger charge is -1.93. The zero-order chi connectivity index (χ0) is 10.1. The lowest BCUT2D eigenvalue weighted by molar-refractivity contribution is 0.362. The molecule has 0 saturated carbocycles. The van der Waals surface area contributed by atoms with E-state index in [0.29, 0.717) is 11.7 Å². The summed E-state index contributed by atoms with van der Waals surface area (Å²) in [5.41, 5.74) is 7.80. The molecule has 0 amide bonds. The van der Waals surface area contributed by atoms with E-state index < -0.39 is 0 Å². The van der Waals surface area contributed by atoms with Crippen LogP contribution in [0.4, 0.5) is 0 Å². The Morgan fingerprint density at radius 2 is 2.29 bits per heavy atom. The number of aromatic nitrogens is 2. The molecule has 14 heavy (non-hydrogen) atoms. The molecule has 0 aliphatic carbocycles. The minimum atomic E-state index is -0.213. The predicted molar refractivity (Wildman–Crippen MR) is 55.0 cm³/mol. The molecule has 0 aliphatic rings. The molecule has 5 heteroatoms. The summed E-state index contributed by atoms with van der Waals surface area (Å²) in [7, 11) is 0. The maximum absolute atomic E-state index is 5.62. The summed E-state index contributed by atoms with van der Waals surface area (Å²) in [4.78, 5) is 4.22. The average Bonchev–Trinajstić information content (AvgIpc) is 2.71. The minimum Gasteiger partial charge on any atom is -0.337 e. The van der Waals surface area contributed by atoms with E-state index >= 15 is 0 Å². The molecule has 4 nitrogen and oxygen atoms in total. The number of nitrogens with two attached hydrogens (primary N) is 1. The largest absolute Gasteiger partial charge is 0.337 e. The van der Waals surface area contributed by atoms with Crippen LogP contribution in [0.1, 0.15) is 24.4 Å². The summed E-state index contributed by atoms with van der Waals surface area (Å²) in [6.07, 6.45) is 0. The molecule has 0 saturated heterocycles. The molecule has 2 N–H and O–H groups in total. The van der Waals surface area contributed by atoms with Crippen molar-refractivity contribution < 1.29 is 4.52 Å². The number of rotatable bonds is 2. The summed E-state index contributed by atoms with van der Waals surface area (Å²) in [5, 5.41) is 7.94. The van der Waals surface area contributed by atoms with Crippen molar-refractivity contribution in [2.45, 2.75) is 19.9 Å². The fourth-order valence-corrected chi connectivity index (χ4v) is 1.95. The predicted octanol–water partition coefficient (Wildman–Crippen LogP) is 2.13. The van der Waals surface area contributed by atoms with Gasteiger partial charge in [-0.2, -0.15) is 16.3 Å². The average molecular weight is 209 g/mol. The Bertz CT molecular complexity index is 433. The Morgan fingerprint density at radius 1 is 1.50 bits per heavy atom. The van der Waals surface area contributed by atoms with Crippen molar-refractivity contribution in [3.05, 3.63) is 22.2 Å². The summed E-state index contributed by atoms with van der Waals surface area (Å²) in [6, 6.07) is -0.213. The summed E-state index contributed by atoms with van der Waals surface area (Å²) in [5.74, 6) is 1.10. The topological polar surface area (TPSA) is 64.9 Å². The Morgan fingerprint density at radius 3 is 2.79 bits per heavy atom. The van der Waals surface area contributed by atoms with E-state index in [0.717, 1.165) is 11.1 Å². The van der Waals surface area contributed by atoms with Gasteiger partial charge in [-0.05, 0) is 24.8 Å². The summed E-state index contributed by atoms with van der Waals surface area (Å²) >= 11 is 1.63. The van der Waals surface area contributed by atoms with Crippen LogP contribution in [0.2, 0.25) is 0 Å². The van der Waals surface area contributed by atoms with E-state index in [1.54, 1.807) is 11.3 Å². The van der Waals surface area contributed by atoms with Gasteiger partial charge in [0.25, 0.3) is 0 Å². The monoisotopic (exact) mass is 209 g/mol. The Hall–Kier alpha value is -1.20. The molecule has 1 unspecified atom stereocenters. The SMILES string of the molecule is Cc1cscc1-c1noc(C(C)N)n1. The number of aryl methyl sites for hydroxylation is 1. The molecule has 0 aromatic carbocycles. The van der Waals surface area contributed by atoms with Crippen LogP contribution in [0.3, 0.4) is 0 Å². The lowest BCUT2D eigenvalue weighted by Crippen LogP contribution is -2.04. The number of thiophene rings is 1. The van der Waals surface area contributed by atoms with Crippen LogP contribution in [-0.4, -0.2) is 10.1 Å². The van der Waals surface area contributed by atoms with Gasteiger partial charge in [-0.15, -0.1) is 0 Å². The Labute approximate surface area is 85.7 Å². The van der Waals surface area contributed by atoms with E-state index in [4.69, 9.17) is 10.3 Å². The fraction of sp³-hybridized carbons (Fsp3) is 0.333. The highest BCUT2D eigenvalue weighted by atomic mass is 32.1. The van der Waals surface area contributed by atoms with Crippen molar-refractivity contribution in [1.29, 1.82) is 0 Å². The second-order valence-corrected chi connectivity index (χ2v) is 3.96. The highest BCUT2D eigenvalue weighted by Crippen LogP contribution is 2.24. The van der Waals surface area contributed by atoms with Crippen LogP contribution in [0.15, 0.2) is 15.3 Å². The fourth-order valence-electron chi connectivity index (χ4n) is 1.12. The van der Waals surface area contributed by atoms with Gasteiger partial charge in [-0.3, -0.25) is 0 Å². The van der Waals surface area contributed by atoms with Gasteiger partial charge in [0.2, 0.25) is 11.7 Å². The second kappa shape index (κ2) is 3.51. The van der Waals surface area contributed by atoms with Crippen LogP contribution >= 0.6 is 11.3 Å². The first-order valence-corrected chi connectivity index (χ1v) is 5.25. The molecule has 0 bridgehead atoms. The van der Waals surface area contributed by atoms with Crippen LogP contribution in [-0.2, 0) is 0 Å². The first-order chi connectivity index (χ1) is 6.68. The van der Waals surface area contributed by atoms with E-state index in [1.165, 1.54) is 0 Å². The lowest BCUT2D eigenvalue weighted by atomic mass is 10.2. The third kappa shape index (κ3) is 1.56. The van der Waals surface area contributed by atoms with Gasteiger partial charge in [-0.1, -0.05) is 5.16 Å². The van der Waals surface area contributed by atoms with Gasteiger partial charge < -0.3 is 10.3 Å². The molecule has 2 rings (SSSR count). The van der Waals surface area contributed by atoms with Crippen LogP contribution in [0.5, 0.6) is 0 Å². The standard InChI is InChI=1S/C9H11N3OS/c1-5-3-14-4-7(5)8-11-9(6(2)10)13-12-8/h3-4,6H,10H2,1-2H3. The smallest absolute Gasteiger partial charge is 0.243 e. The molecule has 0 aliphatic heterocycles. The van der Waals surface area contributed by atoms with Crippen LogP contribution < -0.4 is 5.73 Å². The van der Waals surface area contributed by atoms with E-state index in [9.17, 15) is 0 Å². The molecule has 0 fully saturated rings. The third-order valence-electron chi connectivity index (χ3n) is 1.93. The third-order valence-corrected chi connectivity index (χ3v) is 2.79. The van der Waals surface area contributed by atoms with Crippen LogP contribution in [0.25, 0.3) is 11.4 Å². The van der Waals surface area contributed by atoms with Crippen molar-refractivity contribution in [3.8, 4) is 11.4 Å². The molecule has 0 radical (unpaired) electrons. The molecule has 2 aromatic heterocycles. The number of nitrogens with zero attached hydrogens (tertiary/aromatic N) is 2. The van der Waals surface area contributed by atoms with Crippen LogP contribution in [0, 0.1) is 6.92 Å². The first kappa shape index (κ1) is 9.36. The highest BCUT2D eigenvalue weighted by Gasteiger charge is 2.13. The molecule has 2 heterocycles. The van der Waals surface area contributed by atoms with Crippen molar-refractivity contribution in [1.82, 2.24) is 10.1 Å². The van der Waals surface area contributed by atoms with Gasteiger partial charge in [0.15, 0.2) is 0 Å². The molecular formula is C9H11N3OS. The van der Waals surface area contributed by atoms with Crippen molar-refractivity contribution >= 4 is 11.3 Å². The Kier molecular flexibility index (Phi) is 2.35. The maximum atomic E-state index is 5.62. The molecule has 2 aromatic rings. The summed E-state index contributed by atoms with van der Waals surface area (Å²) < 4.78 is 5.02. The number of hydrogen-bond donors (Lipinski definition) is 1. The van der Waals surface area contributed by atoms with Gasteiger partial charge in [0, 0.05) is 10.9 Å². The maximum Gasteiger partial charge on any atom is 0.243 e.